The third kappa shape index (κ3) is 10.4. The molecule has 14 heteroatoms. The Morgan fingerprint density at radius 3 is 2.25 bits per heavy atom. The Balaban J connectivity index is 1.61. The molecule has 316 valence electrons. The number of Topliss-reactive ketones (excluding diaryl/α,β-unsaturated/α-hetero) is 2. The zero-order valence-corrected chi connectivity index (χ0v) is 35.8. The molecule has 2 aliphatic rings. The fourth-order valence-corrected chi connectivity index (χ4v) is 7.05. The number of amides is 1. The van der Waals surface area contributed by atoms with Gasteiger partial charge in [-0.1, -0.05) is 77.3 Å². The van der Waals surface area contributed by atoms with E-state index in [1.165, 1.54) is 23.2 Å². The molecule has 1 N–H and O–H groups in total. The van der Waals surface area contributed by atoms with Gasteiger partial charge >= 0.3 is 5.97 Å². The van der Waals surface area contributed by atoms with Gasteiger partial charge in [0.2, 0.25) is 11.7 Å². The van der Waals surface area contributed by atoms with E-state index in [-0.39, 0.29) is 90.6 Å². The van der Waals surface area contributed by atoms with Crippen molar-refractivity contribution in [3.05, 3.63) is 103 Å². The lowest BCUT2D eigenvalue weighted by atomic mass is 9.77. The third-order valence-corrected chi connectivity index (χ3v) is 10.6. The summed E-state index contributed by atoms with van der Waals surface area (Å²) in [6.45, 7) is 28.7. The van der Waals surface area contributed by atoms with E-state index in [1.54, 1.807) is 45.9 Å². The van der Waals surface area contributed by atoms with Gasteiger partial charge in [0.15, 0.2) is 0 Å². The molecule has 0 radical (unpaired) electrons. The summed E-state index contributed by atoms with van der Waals surface area (Å²) in [5, 5.41) is 36.8. The maximum atomic E-state index is 14.0. The van der Waals surface area contributed by atoms with Gasteiger partial charge in [0.25, 0.3) is 17.3 Å². The van der Waals surface area contributed by atoms with Crippen molar-refractivity contribution in [2.45, 2.75) is 99.5 Å². The van der Waals surface area contributed by atoms with Gasteiger partial charge in [-0.05, 0) is 66.8 Å². The van der Waals surface area contributed by atoms with Gasteiger partial charge in [-0.2, -0.15) is 0 Å². The molecular formula is C47H51N7O7. The summed E-state index contributed by atoms with van der Waals surface area (Å²) in [5.41, 5.74) is 0.678. The van der Waals surface area contributed by atoms with E-state index in [4.69, 9.17) is 22.6 Å². The van der Waals surface area contributed by atoms with Crippen molar-refractivity contribution in [2.75, 3.05) is 31.2 Å². The number of hydrogen-bond acceptors (Lipinski definition) is 11. The molecule has 1 amide bonds. The van der Waals surface area contributed by atoms with Crippen LogP contribution < -0.4 is 15.3 Å². The lowest BCUT2D eigenvalue weighted by Gasteiger charge is -2.28. The third-order valence-electron chi connectivity index (χ3n) is 10.6. The normalized spacial score (nSPS) is 16.3. The molecule has 2 aromatic rings. The first kappa shape index (κ1) is 46.7. The van der Waals surface area contributed by atoms with Crippen LogP contribution in [0.2, 0.25) is 0 Å². The minimum Gasteiger partial charge on any atom is -0.506 e. The second-order valence-electron chi connectivity index (χ2n) is 15.5. The molecule has 0 aromatic heterocycles. The number of hydrazone groups is 1. The predicted molar refractivity (Wildman–Crippen MR) is 230 cm³/mol. The van der Waals surface area contributed by atoms with Gasteiger partial charge in [0.1, 0.15) is 23.7 Å². The number of nitrogens with zero attached hydrogens (tertiary/aromatic N) is 7. The van der Waals surface area contributed by atoms with E-state index in [2.05, 4.69) is 21.7 Å². The number of benzene rings is 2. The van der Waals surface area contributed by atoms with Gasteiger partial charge in [0, 0.05) is 30.5 Å². The average molecular weight is 826 g/mol. The molecule has 0 fully saturated rings. The van der Waals surface area contributed by atoms with E-state index in [1.807, 2.05) is 30.9 Å². The van der Waals surface area contributed by atoms with Gasteiger partial charge in [-0.25, -0.2) is 25.2 Å². The number of esters is 1. The number of hydrogen-bond donors (Lipinski definition) is 1. The van der Waals surface area contributed by atoms with Crippen molar-refractivity contribution >= 4 is 52.0 Å². The van der Waals surface area contributed by atoms with E-state index in [0.29, 0.717) is 45.8 Å². The van der Waals surface area contributed by atoms with Crippen LogP contribution >= 0.6 is 0 Å². The molecule has 0 saturated carbocycles. The summed E-state index contributed by atoms with van der Waals surface area (Å²) in [6, 6.07) is 13.2. The molecule has 1 aliphatic carbocycles. The van der Waals surface area contributed by atoms with Crippen molar-refractivity contribution in [1.82, 2.24) is 5.01 Å². The number of ether oxygens (including phenoxy) is 2. The Hall–Kier alpha value is -7.03. The lowest BCUT2D eigenvalue weighted by molar-refractivity contribution is -0.143. The van der Waals surface area contributed by atoms with E-state index < -0.39 is 23.1 Å². The summed E-state index contributed by atoms with van der Waals surface area (Å²) in [4.78, 5) is 62.7. The summed E-state index contributed by atoms with van der Waals surface area (Å²) in [6.07, 6.45) is 3.14. The number of aliphatic hydroxyl groups excluding tert-OH is 1. The number of nitriles is 2. The number of likely N-dealkylation sites (N-methyl/N-ethyl adjacent to an activating group) is 1. The molecule has 1 aliphatic heterocycles. The standard InChI is InChI=1S/C47H51N7O7/c1-10-14-15-32(11-2)54-46(59)42(45(52-54)60-13-4)41-43(57)40(44(41)58)35-20-18-33(25-31(35)26-38(55)47(5,6)7)53(12-3)22-23-61-39(56)21-17-29-24-30(36(27-48)50-8)16-19-34(29)37(28-49)51-9/h16,18-20,24-25,32,57H,10-15,17,21-23,26H2,1-7H3/b36-30-,37-34-,42-41+. The fraction of sp³-hybridized carbons (Fsp3) is 0.426. The molecule has 1 unspecified atom stereocenters. The first-order valence-electron chi connectivity index (χ1n) is 20.4. The van der Waals surface area contributed by atoms with Crippen LogP contribution in [-0.2, 0) is 41.5 Å². The molecule has 1 atom stereocenters. The van der Waals surface area contributed by atoms with Gasteiger partial charge in [-0.3, -0.25) is 19.2 Å². The van der Waals surface area contributed by atoms with Crippen LogP contribution in [0.5, 0.6) is 0 Å². The minimum absolute atomic E-state index is 0.00721. The van der Waals surface area contributed by atoms with Crippen LogP contribution in [0.1, 0.15) is 97.3 Å². The van der Waals surface area contributed by atoms with Crippen molar-refractivity contribution in [3.8, 4) is 12.1 Å². The van der Waals surface area contributed by atoms with Crippen LogP contribution in [0.15, 0.2) is 58.4 Å². The summed E-state index contributed by atoms with van der Waals surface area (Å²) < 4.78 is 11.3. The first-order chi connectivity index (χ1) is 29.1. The van der Waals surface area contributed by atoms with Gasteiger partial charge in [-0.15, -0.1) is 5.10 Å². The molecular weight excluding hydrogens is 775 g/mol. The second kappa shape index (κ2) is 20.8. The molecule has 2 aromatic carbocycles. The van der Waals surface area contributed by atoms with Crippen molar-refractivity contribution in [3.63, 3.8) is 0 Å². The SMILES string of the molecule is [C-]#[N+]/C(C#N)=c1/cc/c(=C(\C#N)[N+]#[C-])c(CCC(=O)OCCN(CC)c2ccc(C3=C(O)/C(=C4\C(=O)N(C(CC)CCCC)N=C4OCC)C3=O)c(CC(=O)C(C)(C)C)c2)c1. The highest BCUT2D eigenvalue weighted by Gasteiger charge is 2.46. The van der Waals surface area contributed by atoms with Gasteiger partial charge in [0.05, 0.1) is 55.6 Å². The number of aliphatic hydroxyl groups is 1. The predicted octanol–water partition coefficient (Wildman–Crippen LogP) is 6.26. The number of ketones is 2. The summed E-state index contributed by atoms with van der Waals surface area (Å²) >= 11 is 0. The number of carbonyl (C=O) groups excluding carboxylic acids is 4. The molecule has 0 saturated heterocycles. The van der Waals surface area contributed by atoms with Crippen LogP contribution in [0.4, 0.5) is 5.69 Å². The Labute approximate surface area is 357 Å². The largest absolute Gasteiger partial charge is 0.506 e. The smallest absolute Gasteiger partial charge is 0.306 e. The summed E-state index contributed by atoms with van der Waals surface area (Å²) in [5.74, 6) is -2.08. The number of aryl methyl sites for hydroxylation is 1. The second-order valence-corrected chi connectivity index (χ2v) is 15.5. The fourth-order valence-electron chi connectivity index (χ4n) is 7.05. The average Bonchev–Trinajstić information content (AvgIpc) is 3.54. The topological polar surface area (TPSA) is 182 Å². The zero-order chi connectivity index (χ0) is 45.0. The quantitative estimate of drug-likeness (QED) is 0.109. The molecule has 61 heavy (non-hydrogen) atoms. The minimum atomic E-state index is -0.714. The maximum Gasteiger partial charge on any atom is 0.306 e. The highest BCUT2D eigenvalue weighted by molar-refractivity contribution is 6.43. The molecule has 0 spiro atoms. The molecule has 0 bridgehead atoms. The Morgan fingerprint density at radius 2 is 1.67 bits per heavy atom. The lowest BCUT2D eigenvalue weighted by Crippen LogP contribution is -2.35. The van der Waals surface area contributed by atoms with Crippen LogP contribution in [0.3, 0.4) is 0 Å². The zero-order valence-electron chi connectivity index (χ0n) is 35.8. The number of allylic oxidation sites excluding steroid dienone is 2. The highest BCUT2D eigenvalue weighted by atomic mass is 16.5. The van der Waals surface area contributed by atoms with Crippen molar-refractivity contribution < 1.29 is 33.8 Å². The highest BCUT2D eigenvalue weighted by Crippen LogP contribution is 2.42. The molecule has 1 heterocycles. The van der Waals surface area contributed by atoms with E-state index in [0.717, 1.165) is 19.3 Å². The van der Waals surface area contributed by atoms with Crippen molar-refractivity contribution in [1.29, 1.82) is 10.5 Å². The Bertz CT molecular complexity index is 2470. The van der Waals surface area contributed by atoms with Gasteiger partial charge < -0.3 is 19.5 Å². The number of anilines is 1. The van der Waals surface area contributed by atoms with Crippen molar-refractivity contribution in [2.24, 2.45) is 10.5 Å². The van der Waals surface area contributed by atoms with E-state index >= 15 is 0 Å². The van der Waals surface area contributed by atoms with E-state index in [9.17, 15) is 34.8 Å². The monoisotopic (exact) mass is 825 g/mol. The number of rotatable bonds is 17. The Kier molecular flexibility index (Phi) is 15.9. The van der Waals surface area contributed by atoms with Crippen LogP contribution in [0, 0.1) is 41.2 Å². The Morgan fingerprint density at radius 1 is 0.967 bits per heavy atom. The molecule has 4 rings (SSSR count). The number of unbranched alkanes of at least 4 members (excludes halogenated alkanes) is 1. The maximum absolute atomic E-state index is 14.0. The summed E-state index contributed by atoms with van der Waals surface area (Å²) in [7, 11) is 0. The van der Waals surface area contributed by atoms with Crippen LogP contribution in [-0.4, -0.2) is 71.8 Å². The first-order valence-corrected chi connectivity index (χ1v) is 20.4. The van der Waals surface area contributed by atoms with Crippen LogP contribution in [0.25, 0.3) is 26.7 Å². The molecule has 14 nitrogen and oxygen atoms in total. The number of carbonyl (C=O) groups is 4.